The highest BCUT2D eigenvalue weighted by Crippen LogP contribution is 2.28. The van der Waals surface area contributed by atoms with Gasteiger partial charge >= 0.3 is 5.97 Å². The van der Waals surface area contributed by atoms with Gasteiger partial charge in [-0.3, -0.25) is 0 Å². The molecule has 0 radical (unpaired) electrons. The Morgan fingerprint density at radius 2 is 1.63 bits per heavy atom. The van der Waals surface area contributed by atoms with E-state index in [1.807, 2.05) is 30.3 Å². The largest absolute Gasteiger partial charge is 0.477 e. The first-order valence-electron chi connectivity index (χ1n) is 8.43. The average Bonchev–Trinajstić information content (AvgIpc) is 2.71. The van der Waals surface area contributed by atoms with Crippen molar-refractivity contribution in [3.05, 3.63) is 53.6 Å². The summed E-state index contributed by atoms with van der Waals surface area (Å²) in [5, 5.41) is 0. The first kappa shape index (κ1) is 19.0. The van der Waals surface area contributed by atoms with Crippen molar-refractivity contribution in [1.29, 1.82) is 0 Å². The fourth-order valence-corrected chi connectivity index (χ4v) is 3.33. The van der Waals surface area contributed by atoms with E-state index in [4.69, 9.17) is 14.2 Å². The summed E-state index contributed by atoms with van der Waals surface area (Å²) >= 11 is 1.68. The quantitative estimate of drug-likeness (QED) is 0.448. The second-order valence-electron chi connectivity index (χ2n) is 5.60. The van der Waals surface area contributed by atoms with Gasteiger partial charge < -0.3 is 14.2 Å². The Kier molecular flexibility index (Phi) is 6.13. The summed E-state index contributed by atoms with van der Waals surface area (Å²) in [6.07, 6.45) is 0. The van der Waals surface area contributed by atoms with Crippen LogP contribution in [0.2, 0.25) is 0 Å². The summed E-state index contributed by atoms with van der Waals surface area (Å²) in [7, 11) is 3.08. The molecule has 0 unspecified atom stereocenters. The van der Waals surface area contributed by atoms with Crippen LogP contribution in [0.25, 0.3) is 11.0 Å². The van der Waals surface area contributed by atoms with Gasteiger partial charge in [0.2, 0.25) is 0 Å². The standard InChI is InChI=1S/C20H20N2O4S/c1-4-26-20(23)14-6-8-15(9-7-14)27-12-13-5-10-16-17(11-13)22-19(25-3)18(21-16)24-2/h5-11H,4,12H2,1-3H3. The van der Waals surface area contributed by atoms with Crippen LogP contribution in [0.3, 0.4) is 0 Å². The molecular weight excluding hydrogens is 364 g/mol. The molecule has 0 bridgehead atoms. The number of ether oxygens (including phenoxy) is 3. The molecule has 3 aromatic rings. The molecule has 2 aromatic carbocycles. The molecule has 6 nitrogen and oxygen atoms in total. The van der Waals surface area contributed by atoms with E-state index in [2.05, 4.69) is 9.97 Å². The Hall–Kier alpha value is -2.80. The lowest BCUT2D eigenvalue weighted by Crippen LogP contribution is -2.03. The first-order valence-corrected chi connectivity index (χ1v) is 9.41. The lowest BCUT2D eigenvalue weighted by Gasteiger charge is -2.08. The van der Waals surface area contributed by atoms with Crippen molar-refractivity contribution in [2.24, 2.45) is 0 Å². The van der Waals surface area contributed by atoms with Gasteiger partial charge in [0.1, 0.15) is 0 Å². The minimum Gasteiger partial charge on any atom is -0.477 e. The number of carbonyl (C=O) groups is 1. The Morgan fingerprint density at radius 1 is 0.963 bits per heavy atom. The Morgan fingerprint density at radius 3 is 2.26 bits per heavy atom. The predicted octanol–water partition coefficient (Wildman–Crippen LogP) is 4.12. The second-order valence-corrected chi connectivity index (χ2v) is 6.65. The zero-order valence-electron chi connectivity index (χ0n) is 15.4. The van der Waals surface area contributed by atoms with Crippen molar-refractivity contribution in [3.63, 3.8) is 0 Å². The molecule has 0 spiro atoms. The molecule has 0 aliphatic carbocycles. The summed E-state index contributed by atoms with van der Waals surface area (Å²) in [5.41, 5.74) is 3.18. The number of methoxy groups -OCH3 is 2. The maximum Gasteiger partial charge on any atom is 0.338 e. The van der Waals surface area contributed by atoms with Gasteiger partial charge in [-0.1, -0.05) is 6.07 Å². The maximum atomic E-state index is 11.7. The number of nitrogens with zero attached hydrogens (tertiary/aromatic N) is 2. The lowest BCUT2D eigenvalue weighted by molar-refractivity contribution is 0.0526. The summed E-state index contributed by atoms with van der Waals surface area (Å²) in [4.78, 5) is 21.6. The minimum absolute atomic E-state index is 0.300. The van der Waals surface area contributed by atoms with E-state index in [0.717, 1.165) is 27.2 Å². The van der Waals surface area contributed by atoms with E-state index in [9.17, 15) is 4.79 Å². The topological polar surface area (TPSA) is 70.5 Å². The molecule has 1 aromatic heterocycles. The van der Waals surface area contributed by atoms with Crippen molar-refractivity contribution in [1.82, 2.24) is 9.97 Å². The number of hydrogen-bond donors (Lipinski definition) is 0. The molecule has 0 fully saturated rings. The van der Waals surface area contributed by atoms with Crippen LogP contribution >= 0.6 is 11.8 Å². The Balaban J connectivity index is 1.72. The van der Waals surface area contributed by atoms with Crippen molar-refractivity contribution in [2.75, 3.05) is 20.8 Å². The number of aromatic nitrogens is 2. The van der Waals surface area contributed by atoms with Gasteiger partial charge in [0.25, 0.3) is 11.8 Å². The van der Waals surface area contributed by atoms with E-state index in [0.29, 0.717) is 23.9 Å². The van der Waals surface area contributed by atoms with Crippen molar-refractivity contribution in [3.8, 4) is 11.8 Å². The summed E-state index contributed by atoms with van der Waals surface area (Å²) in [6.45, 7) is 2.17. The van der Waals surface area contributed by atoms with E-state index in [1.54, 1.807) is 30.8 Å². The smallest absolute Gasteiger partial charge is 0.338 e. The zero-order valence-corrected chi connectivity index (χ0v) is 16.2. The number of benzene rings is 2. The van der Waals surface area contributed by atoms with Gasteiger partial charge in [0, 0.05) is 10.6 Å². The van der Waals surface area contributed by atoms with E-state index < -0.39 is 0 Å². The fraction of sp³-hybridized carbons (Fsp3) is 0.250. The molecular formula is C20H20N2O4S. The highest BCUT2D eigenvalue weighted by molar-refractivity contribution is 7.98. The molecule has 0 saturated heterocycles. The van der Waals surface area contributed by atoms with Crippen molar-refractivity contribution < 1.29 is 19.0 Å². The molecule has 1 heterocycles. The molecule has 0 aliphatic rings. The molecule has 3 rings (SSSR count). The fourth-order valence-electron chi connectivity index (χ4n) is 2.49. The zero-order chi connectivity index (χ0) is 19.2. The van der Waals surface area contributed by atoms with Gasteiger partial charge in [-0.15, -0.1) is 11.8 Å². The summed E-state index contributed by atoms with van der Waals surface area (Å²) in [6, 6.07) is 13.3. The van der Waals surface area contributed by atoms with Crippen LogP contribution in [-0.2, 0) is 10.5 Å². The monoisotopic (exact) mass is 384 g/mol. The molecule has 7 heteroatoms. The van der Waals surface area contributed by atoms with E-state index in [1.165, 1.54) is 14.2 Å². The van der Waals surface area contributed by atoms with Crippen LogP contribution in [0.1, 0.15) is 22.8 Å². The van der Waals surface area contributed by atoms with Gasteiger partial charge in [-0.25, -0.2) is 14.8 Å². The van der Waals surface area contributed by atoms with Crippen LogP contribution in [0, 0.1) is 0 Å². The number of carbonyl (C=O) groups excluding carboxylic acids is 1. The SMILES string of the molecule is CCOC(=O)c1ccc(SCc2ccc3nc(OC)c(OC)nc3c2)cc1. The number of esters is 1. The third-order valence-corrected chi connectivity index (χ3v) is 4.91. The van der Waals surface area contributed by atoms with Gasteiger partial charge in [-0.05, 0) is 48.9 Å². The van der Waals surface area contributed by atoms with Crippen molar-refractivity contribution >= 4 is 28.8 Å². The number of rotatable bonds is 7. The van der Waals surface area contributed by atoms with E-state index in [-0.39, 0.29) is 5.97 Å². The average molecular weight is 384 g/mol. The van der Waals surface area contributed by atoms with Crippen molar-refractivity contribution in [2.45, 2.75) is 17.6 Å². The maximum absolute atomic E-state index is 11.7. The number of fused-ring (bicyclic) bond motifs is 1. The number of hydrogen-bond acceptors (Lipinski definition) is 7. The lowest BCUT2D eigenvalue weighted by atomic mass is 10.2. The highest BCUT2D eigenvalue weighted by Gasteiger charge is 2.10. The molecule has 140 valence electrons. The molecule has 0 amide bonds. The minimum atomic E-state index is -0.300. The third-order valence-electron chi connectivity index (χ3n) is 3.82. The highest BCUT2D eigenvalue weighted by atomic mass is 32.2. The first-order chi connectivity index (χ1) is 13.1. The molecule has 0 saturated carbocycles. The molecule has 27 heavy (non-hydrogen) atoms. The van der Waals surface area contributed by atoms with Crippen LogP contribution < -0.4 is 9.47 Å². The summed E-state index contributed by atoms with van der Waals surface area (Å²) in [5.74, 6) is 1.20. The van der Waals surface area contributed by atoms with E-state index >= 15 is 0 Å². The number of thioether (sulfide) groups is 1. The molecule has 0 aliphatic heterocycles. The van der Waals surface area contributed by atoms with Crippen LogP contribution in [-0.4, -0.2) is 36.8 Å². The Labute approximate surface area is 161 Å². The van der Waals surface area contributed by atoms with Crippen LogP contribution in [0.4, 0.5) is 0 Å². The third kappa shape index (κ3) is 4.49. The predicted molar refractivity (Wildman–Crippen MR) is 105 cm³/mol. The normalized spacial score (nSPS) is 10.6. The van der Waals surface area contributed by atoms with Gasteiger partial charge in [0.05, 0.1) is 37.4 Å². The Bertz CT molecular complexity index is 945. The van der Waals surface area contributed by atoms with Crippen LogP contribution in [0.5, 0.6) is 11.8 Å². The second kappa shape index (κ2) is 8.73. The van der Waals surface area contributed by atoms with Crippen LogP contribution in [0.15, 0.2) is 47.4 Å². The van der Waals surface area contributed by atoms with Gasteiger partial charge in [0.15, 0.2) is 0 Å². The molecule has 0 atom stereocenters. The van der Waals surface area contributed by atoms with Gasteiger partial charge in [-0.2, -0.15) is 0 Å². The summed E-state index contributed by atoms with van der Waals surface area (Å²) < 4.78 is 15.4. The molecule has 0 N–H and O–H groups in total.